The molecule has 1 aromatic carbocycles. The molecule has 0 saturated heterocycles. The second kappa shape index (κ2) is 5.99. The van der Waals surface area contributed by atoms with Gasteiger partial charge in [0.05, 0.1) is 5.56 Å². The maximum Gasteiger partial charge on any atom is 0.335 e. The van der Waals surface area contributed by atoms with Gasteiger partial charge in [0.15, 0.2) is 6.61 Å². The van der Waals surface area contributed by atoms with Crippen LogP contribution in [-0.4, -0.2) is 21.2 Å². The molecule has 0 spiro atoms. The SMILES string of the molecule is CCCc1nc(COc2cccc(C(=O)O)c2)no1. The third-order valence-electron chi connectivity index (χ3n) is 2.42. The highest BCUT2D eigenvalue weighted by molar-refractivity contribution is 5.87. The van der Waals surface area contributed by atoms with Crippen LogP contribution in [0.2, 0.25) is 0 Å². The highest BCUT2D eigenvalue weighted by Gasteiger charge is 2.07. The van der Waals surface area contributed by atoms with Gasteiger partial charge in [-0.3, -0.25) is 0 Å². The van der Waals surface area contributed by atoms with Crippen LogP contribution in [-0.2, 0) is 13.0 Å². The number of ether oxygens (including phenoxy) is 1. The van der Waals surface area contributed by atoms with Crippen LogP contribution >= 0.6 is 0 Å². The maximum atomic E-state index is 10.8. The first kappa shape index (κ1) is 13.1. The lowest BCUT2D eigenvalue weighted by Gasteiger charge is -2.03. The summed E-state index contributed by atoms with van der Waals surface area (Å²) in [6.07, 6.45) is 1.67. The molecule has 2 rings (SSSR count). The monoisotopic (exact) mass is 262 g/mol. The smallest absolute Gasteiger partial charge is 0.335 e. The van der Waals surface area contributed by atoms with Gasteiger partial charge in [0.1, 0.15) is 5.75 Å². The minimum atomic E-state index is -0.991. The Bertz CT molecular complexity index is 565. The first-order valence-electron chi connectivity index (χ1n) is 5.96. The number of aromatic carboxylic acids is 1. The summed E-state index contributed by atoms with van der Waals surface area (Å²) >= 11 is 0. The maximum absolute atomic E-state index is 10.8. The van der Waals surface area contributed by atoms with Crippen molar-refractivity contribution in [3.63, 3.8) is 0 Å². The number of carboxylic acid groups (broad SMARTS) is 1. The summed E-state index contributed by atoms with van der Waals surface area (Å²) in [5.41, 5.74) is 0.178. The number of hydrogen-bond acceptors (Lipinski definition) is 5. The molecule has 1 aromatic heterocycles. The highest BCUT2D eigenvalue weighted by Crippen LogP contribution is 2.14. The summed E-state index contributed by atoms with van der Waals surface area (Å²) < 4.78 is 10.4. The lowest BCUT2D eigenvalue weighted by atomic mass is 10.2. The third kappa shape index (κ3) is 3.54. The van der Waals surface area contributed by atoms with Crippen molar-refractivity contribution in [3.05, 3.63) is 41.5 Å². The lowest BCUT2D eigenvalue weighted by molar-refractivity contribution is 0.0696. The molecule has 6 nitrogen and oxygen atoms in total. The number of hydrogen-bond donors (Lipinski definition) is 1. The van der Waals surface area contributed by atoms with Gasteiger partial charge in [-0.15, -0.1) is 0 Å². The van der Waals surface area contributed by atoms with Crippen molar-refractivity contribution in [3.8, 4) is 5.75 Å². The molecule has 1 heterocycles. The van der Waals surface area contributed by atoms with Crippen LogP contribution in [0.4, 0.5) is 0 Å². The van der Waals surface area contributed by atoms with E-state index in [0.717, 1.165) is 12.8 Å². The molecule has 100 valence electrons. The predicted octanol–water partition coefficient (Wildman–Crippen LogP) is 2.30. The van der Waals surface area contributed by atoms with Crippen LogP contribution in [0.25, 0.3) is 0 Å². The van der Waals surface area contributed by atoms with Crippen LogP contribution in [0.5, 0.6) is 5.75 Å². The normalized spacial score (nSPS) is 10.4. The van der Waals surface area contributed by atoms with Crippen molar-refractivity contribution in [1.82, 2.24) is 10.1 Å². The molecule has 0 aliphatic rings. The molecule has 6 heteroatoms. The fourth-order valence-corrected chi connectivity index (χ4v) is 1.53. The first-order chi connectivity index (χ1) is 9.19. The van der Waals surface area contributed by atoms with E-state index in [0.29, 0.717) is 17.5 Å². The molecule has 0 aliphatic carbocycles. The van der Waals surface area contributed by atoms with E-state index in [1.54, 1.807) is 12.1 Å². The second-order valence-corrected chi connectivity index (χ2v) is 3.98. The largest absolute Gasteiger partial charge is 0.485 e. The van der Waals surface area contributed by atoms with Gasteiger partial charge in [-0.1, -0.05) is 18.1 Å². The first-order valence-corrected chi connectivity index (χ1v) is 5.96. The highest BCUT2D eigenvalue weighted by atomic mass is 16.5. The van der Waals surface area contributed by atoms with E-state index in [2.05, 4.69) is 10.1 Å². The van der Waals surface area contributed by atoms with E-state index >= 15 is 0 Å². The van der Waals surface area contributed by atoms with Gasteiger partial charge in [0, 0.05) is 6.42 Å². The van der Waals surface area contributed by atoms with Crippen LogP contribution in [0.15, 0.2) is 28.8 Å². The molecule has 1 N–H and O–H groups in total. The molecular weight excluding hydrogens is 248 g/mol. The van der Waals surface area contributed by atoms with Gasteiger partial charge in [-0.25, -0.2) is 4.79 Å². The quantitative estimate of drug-likeness (QED) is 0.859. The molecule has 2 aromatic rings. The Morgan fingerprint density at radius 1 is 1.47 bits per heavy atom. The summed E-state index contributed by atoms with van der Waals surface area (Å²) in [6.45, 7) is 2.17. The van der Waals surface area contributed by atoms with Gasteiger partial charge in [0.2, 0.25) is 11.7 Å². The van der Waals surface area contributed by atoms with Crippen molar-refractivity contribution >= 4 is 5.97 Å². The summed E-state index contributed by atoms with van der Waals surface area (Å²) in [4.78, 5) is 15.0. The summed E-state index contributed by atoms with van der Waals surface area (Å²) in [7, 11) is 0. The van der Waals surface area contributed by atoms with E-state index < -0.39 is 5.97 Å². The molecule has 0 bridgehead atoms. The van der Waals surface area contributed by atoms with E-state index in [1.165, 1.54) is 12.1 Å². The average Bonchev–Trinajstić information content (AvgIpc) is 2.85. The minimum absolute atomic E-state index is 0.149. The summed E-state index contributed by atoms with van der Waals surface area (Å²) in [5.74, 6) is 0.501. The van der Waals surface area contributed by atoms with Gasteiger partial charge in [-0.05, 0) is 24.6 Å². The van der Waals surface area contributed by atoms with Crippen molar-refractivity contribution in [2.45, 2.75) is 26.4 Å². The Morgan fingerprint density at radius 3 is 3.05 bits per heavy atom. The Labute approximate surface area is 110 Å². The molecule has 19 heavy (non-hydrogen) atoms. The summed E-state index contributed by atoms with van der Waals surface area (Å²) in [5, 5.41) is 12.6. The third-order valence-corrected chi connectivity index (χ3v) is 2.42. The van der Waals surface area contributed by atoms with Crippen LogP contribution in [0.1, 0.15) is 35.4 Å². The Morgan fingerprint density at radius 2 is 2.32 bits per heavy atom. The van der Waals surface area contributed by atoms with Gasteiger partial charge in [0.25, 0.3) is 0 Å². The Balaban J connectivity index is 1.97. The number of nitrogens with zero attached hydrogens (tertiary/aromatic N) is 2. The zero-order valence-electron chi connectivity index (χ0n) is 10.5. The fourth-order valence-electron chi connectivity index (χ4n) is 1.53. The zero-order valence-corrected chi connectivity index (χ0v) is 10.5. The second-order valence-electron chi connectivity index (χ2n) is 3.98. The lowest BCUT2D eigenvalue weighted by Crippen LogP contribution is -2.00. The van der Waals surface area contributed by atoms with Gasteiger partial charge in [-0.2, -0.15) is 4.98 Å². The van der Waals surface area contributed by atoms with Crippen molar-refractivity contribution in [1.29, 1.82) is 0 Å². The minimum Gasteiger partial charge on any atom is -0.485 e. The van der Waals surface area contributed by atoms with E-state index in [9.17, 15) is 4.79 Å². The Kier molecular flexibility index (Phi) is 4.12. The number of carbonyl (C=O) groups is 1. The number of benzene rings is 1. The zero-order chi connectivity index (χ0) is 13.7. The van der Waals surface area contributed by atoms with E-state index in [1.807, 2.05) is 6.92 Å². The van der Waals surface area contributed by atoms with Crippen molar-refractivity contribution in [2.75, 3.05) is 0 Å². The number of aryl methyl sites for hydroxylation is 1. The van der Waals surface area contributed by atoms with Crippen molar-refractivity contribution < 1.29 is 19.2 Å². The molecule has 0 aliphatic heterocycles. The topological polar surface area (TPSA) is 85.5 Å². The standard InChI is InChI=1S/C13H14N2O4/c1-2-4-12-14-11(15-19-12)8-18-10-6-3-5-9(7-10)13(16)17/h3,5-7H,2,4,8H2,1H3,(H,16,17). The van der Waals surface area contributed by atoms with E-state index in [-0.39, 0.29) is 12.2 Å². The van der Waals surface area contributed by atoms with E-state index in [4.69, 9.17) is 14.4 Å². The predicted molar refractivity (Wildman–Crippen MR) is 66.0 cm³/mol. The Hall–Kier alpha value is -2.37. The molecule has 0 fully saturated rings. The van der Waals surface area contributed by atoms with Crippen LogP contribution < -0.4 is 4.74 Å². The fraction of sp³-hybridized carbons (Fsp3) is 0.308. The molecular formula is C13H14N2O4. The van der Waals surface area contributed by atoms with Crippen LogP contribution in [0, 0.1) is 0 Å². The average molecular weight is 262 g/mol. The van der Waals surface area contributed by atoms with Crippen LogP contribution in [0.3, 0.4) is 0 Å². The number of rotatable bonds is 6. The molecule has 0 radical (unpaired) electrons. The van der Waals surface area contributed by atoms with Crippen molar-refractivity contribution in [2.24, 2.45) is 0 Å². The molecule has 0 saturated carbocycles. The van der Waals surface area contributed by atoms with Gasteiger partial charge >= 0.3 is 5.97 Å². The summed E-state index contributed by atoms with van der Waals surface area (Å²) in [6, 6.07) is 6.26. The number of aromatic nitrogens is 2. The van der Waals surface area contributed by atoms with Gasteiger partial charge < -0.3 is 14.4 Å². The number of carboxylic acids is 1. The molecule has 0 unspecified atom stereocenters. The molecule has 0 amide bonds. The molecule has 0 atom stereocenters.